The number of nitrogens with two attached hydrogens (primary N) is 1. The molecule has 1 fully saturated rings. The first kappa shape index (κ1) is 15.4. The lowest BCUT2D eigenvalue weighted by Gasteiger charge is -2.33. The maximum Gasteiger partial charge on any atom is 0.238 e. The number of hydrogen-bond acceptors (Lipinski definition) is 3. The van der Waals surface area contributed by atoms with Crippen LogP contribution in [0.5, 0.6) is 0 Å². The van der Waals surface area contributed by atoms with Crippen molar-refractivity contribution in [1.82, 2.24) is 10.2 Å². The Balaban J connectivity index is 2.60. The maximum atomic E-state index is 11.6. The Labute approximate surface area is 111 Å². The molecule has 4 heteroatoms. The van der Waals surface area contributed by atoms with Gasteiger partial charge in [0.2, 0.25) is 5.91 Å². The summed E-state index contributed by atoms with van der Waals surface area (Å²) < 4.78 is 0. The fourth-order valence-electron chi connectivity index (χ4n) is 2.74. The van der Waals surface area contributed by atoms with Gasteiger partial charge in [-0.1, -0.05) is 27.7 Å². The van der Waals surface area contributed by atoms with E-state index in [0.29, 0.717) is 17.9 Å². The van der Waals surface area contributed by atoms with Crippen molar-refractivity contribution in [2.75, 3.05) is 26.2 Å². The van der Waals surface area contributed by atoms with Gasteiger partial charge in [0.25, 0.3) is 0 Å². The molecule has 0 radical (unpaired) electrons. The van der Waals surface area contributed by atoms with Crippen molar-refractivity contribution in [2.24, 2.45) is 17.1 Å². The highest BCUT2D eigenvalue weighted by molar-refractivity contribution is 5.84. The van der Waals surface area contributed by atoms with Crippen LogP contribution in [0.25, 0.3) is 0 Å². The number of likely N-dealkylation sites (N-methyl/N-ethyl adjacent to an activating group) is 1. The average Bonchev–Trinajstić information content (AvgIpc) is 2.65. The molecule has 0 bridgehead atoms. The number of nitrogens with zero attached hydrogens (tertiary/aromatic N) is 1. The Bertz CT molecular complexity index is 298. The molecule has 0 spiro atoms. The van der Waals surface area contributed by atoms with Crippen molar-refractivity contribution in [1.29, 1.82) is 0 Å². The van der Waals surface area contributed by atoms with Crippen molar-refractivity contribution in [3.05, 3.63) is 0 Å². The van der Waals surface area contributed by atoms with E-state index in [4.69, 9.17) is 5.73 Å². The molecular formula is C14H29N3O. The molecule has 0 aromatic carbocycles. The molecule has 1 amide bonds. The minimum Gasteiger partial charge on any atom is -0.368 e. The first-order chi connectivity index (χ1) is 8.19. The number of carbonyl (C=O) groups excluding carboxylic acids is 1. The van der Waals surface area contributed by atoms with Crippen LogP contribution in [0.4, 0.5) is 0 Å². The van der Waals surface area contributed by atoms with Crippen molar-refractivity contribution < 1.29 is 4.79 Å². The highest BCUT2D eigenvalue weighted by atomic mass is 16.1. The number of nitrogens with one attached hydrogen (secondary N) is 1. The lowest BCUT2D eigenvalue weighted by Crippen LogP contribution is -2.59. The molecular weight excluding hydrogens is 226 g/mol. The Morgan fingerprint density at radius 1 is 1.39 bits per heavy atom. The van der Waals surface area contributed by atoms with Crippen LogP contribution in [0.3, 0.4) is 0 Å². The minimum atomic E-state index is -0.610. The van der Waals surface area contributed by atoms with Gasteiger partial charge in [0.15, 0.2) is 0 Å². The van der Waals surface area contributed by atoms with E-state index in [9.17, 15) is 4.79 Å². The number of likely N-dealkylation sites (tertiary alicyclic amines) is 1. The first-order valence-corrected chi connectivity index (χ1v) is 6.96. The van der Waals surface area contributed by atoms with Crippen molar-refractivity contribution in [3.63, 3.8) is 0 Å². The molecule has 0 aromatic heterocycles. The largest absolute Gasteiger partial charge is 0.368 e. The molecule has 4 nitrogen and oxygen atoms in total. The van der Waals surface area contributed by atoms with Crippen molar-refractivity contribution >= 4 is 5.91 Å². The molecule has 0 aliphatic carbocycles. The number of carbonyl (C=O) groups is 1. The smallest absolute Gasteiger partial charge is 0.238 e. The standard InChI is InChI=1S/C14H29N3O/c1-6-16-14(5,12(15)18)10-17-8-7-11(9-17)13(2,3)4/h11,16H,6-10H2,1-5H3,(H2,15,18). The molecule has 1 saturated heterocycles. The lowest BCUT2D eigenvalue weighted by molar-refractivity contribution is -0.124. The third-order valence-corrected chi connectivity index (χ3v) is 4.15. The topological polar surface area (TPSA) is 58.4 Å². The summed E-state index contributed by atoms with van der Waals surface area (Å²) in [5, 5.41) is 3.22. The van der Waals surface area contributed by atoms with E-state index in [1.54, 1.807) is 0 Å². The second-order valence-corrected chi connectivity index (χ2v) is 6.81. The summed E-state index contributed by atoms with van der Waals surface area (Å²) in [6.07, 6.45) is 1.21. The van der Waals surface area contributed by atoms with Gasteiger partial charge in [0.05, 0.1) is 0 Å². The summed E-state index contributed by atoms with van der Waals surface area (Å²) in [7, 11) is 0. The van der Waals surface area contributed by atoms with Gasteiger partial charge in [-0.2, -0.15) is 0 Å². The van der Waals surface area contributed by atoms with E-state index < -0.39 is 5.54 Å². The zero-order valence-corrected chi connectivity index (χ0v) is 12.5. The lowest BCUT2D eigenvalue weighted by atomic mass is 9.80. The molecule has 2 unspecified atom stereocenters. The number of rotatable bonds is 5. The van der Waals surface area contributed by atoms with Gasteiger partial charge in [-0.15, -0.1) is 0 Å². The predicted octanol–water partition coefficient (Wildman–Crippen LogP) is 1.21. The predicted molar refractivity (Wildman–Crippen MR) is 75.3 cm³/mol. The van der Waals surface area contributed by atoms with Crippen LogP contribution in [0.15, 0.2) is 0 Å². The summed E-state index contributed by atoms with van der Waals surface area (Å²) in [5.74, 6) is 0.444. The highest BCUT2D eigenvalue weighted by Crippen LogP contribution is 2.33. The summed E-state index contributed by atoms with van der Waals surface area (Å²) >= 11 is 0. The van der Waals surface area contributed by atoms with Crippen molar-refractivity contribution in [2.45, 2.75) is 46.6 Å². The monoisotopic (exact) mass is 255 g/mol. The van der Waals surface area contributed by atoms with Gasteiger partial charge in [0.1, 0.15) is 5.54 Å². The summed E-state index contributed by atoms with van der Waals surface area (Å²) in [4.78, 5) is 14.0. The first-order valence-electron chi connectivity index (χ1n) is 6.96. The van der Waals surface area contributed by atoms with Gasteiger partial charge < -0.3 is 16.0 Å². The number of amides is 1. The van der Waals surface area contributed by atoms with Crippen LogP contribution in [0.2, 0.25) is 0 Å². The molecule has 3 N–H and O–H groups in total. The van der Waals surface area contributed by atoms with E-state index in [0.717, 1.165) is 19.6 Å². The fraction of sp³-hybridized carbons (Fsp3) is 0.929. The molecule has 106 valence electrons. The second-order valence-electron chi connectivity index (χ2n) is 6.81. The van der Waals surface area contributed by atoms with E-state index in [1.807, 2.05) is 13.8 Å². The SMILES string of the molecule is CCNC(C)(CN1CCC(C(C)(C)C)C1)C(N)=O. The van der Waals surface area contributed by atoms with Crippen LogP contribution < -0.4 is 11.1 Å². The average molecular weight is 255 g/mol. The normalized spacial score (nSPS) is 25.1. The van der Waals surface area contributed by atoms with Crippen LogP contribution in [0.1, 0.15) is 41.0 Å². The van der Waals surface area contributed by atoms with Crippen LogP contribution in [-0.2, 0) is 4.79 Å². The number of primary amides is 1. The van der Waals surface area contributed by atoms with Gasteiger partial charge >= 0.3 is 0 Å². The number of hydrogen-bond donors (Lipinski definition) is 2. The van der Waals surface area contributed by atoms with E-state index in [2.05, 4.69) is 31.0 Å². The maximum absolute atomic E-state index is 11.6. The van der Waals surface area contributed by atoms with Crippen molar-refractivity contribution in [3.8, 4) is 0 Å². The van der Waals surface area contributed by atoms with E-state index in [-0.39, 0.29) is 5.91 Å². The zero-order valence-electron chi connectivity index (χ0n) is 12.5. The van der Waals surface area contributed by atoms with Gasteiger partial charge in [-0.3, -0.25) is 4.79 Å². The highest BCUT2D eigenvalue weighted by Gasteiger charge is 2.37. The Hall–Kier alpha value is -0.610. The van der Waals surface area contributed by atoms with Crippen LogP contribution in [-0.4, -0.2) is 42.5 Å². The Morgan fingerprint density at radius 2 is 2.00 bits per heavy atom. The van der Waals surface area contributed by atoms with E-state index >= 15 is 0 Å². The van der Waals surface area contributed by atoms with Gasteiger partial charge in [-0.05, 0) is 37.8 Å². The molecule has 2 atom stereocenters. The molecule has 18 heavy (non-hydrogen) atoms. The quantitative estimate of drug-likeness (QED) is 0.776. The summed E-state index contributed by atoms with van der Waals surface area (Å²) in [6, 6.07) is 0. The Kier molecular flexibility index (Phi) is 4.78. The summed E-state index contributed by atoms with van der Waals surface area (Å²) in [6.45, 7) is 14.4. The molecule has 1 aliphatic heterocycles. The molecule has 1 rings (SSSR count). The molecule has 0 saturated carbocycles. The minimum absolute atomic E-state index is 0.261. The van der Waals surface area contributed by atoms with Gasteiger partial charge in [0, 0.05) is 13.1 Å². The zero-order chi connectivity index (χ0) is 14.0. The fourth-order valence-corrected chi connectivity index (χ4v) is 2.74. The summed E-state index contributed by atoms with van der Waals surface area (Å²) in [5.41, 5.74) is 5.26. The molecule has 0 aromatic rings. The molecule has 1 heterocycles. The Morgan fingerprint density at radius 3 is 2.39 bits per heavy atom. The van der Waals surface area contributed by atoms with E-state index in [1.165, 1.54) is 6.42 Å². The third kappa shape index (κ3) is 3.69. The second kappa shape index (κ2) is 5.57. The van der Waals surface area contributed by atoms with Crippen LogP contribution in [0, 0.1) is 11.3 Å². The molecule has 1 aliphatic rings. The third-order valence-electron chi connectivity index (χ3n) is 4.15. The van der Waals surface area contributed by atoms with Gasteiger partial charge in [-0.25, -0.2) is 0 Å². The van der Waals surface area contributed by atoms with Crippen LogP contribution >= 0.6 is 0 Å².